The van der Waals surface area contributed by atoms with Crippen molar-refractivity contribution in [3.05, 3.63) is 35.4 Å². The minimum absolute atomic E-state index is 0.234. The Morgan fingerprint density at radius 3 is 2.56 bits per heavy atom. The Morgan fingerprint density at radius 2 is 1.89 bits per heavy atom. The standard InChI is InChI=1S/C14H15F3O/c15-14(16,17)8-7-13(18)12-6-5-10-3-1-2-4-11(10)9-12/h1-4,12H,5-9H2. The molecule has 98 valence electrons. The molecule has 0 spiro atoms. The fraction of sp³-hybridized carbons (Fsp3) is 0.500. The smallest absolute Gasteiger partial charge is 0.299 e. The van der Waals surface area contributed by atoms with Gasteiger partial charge in [0.15, 0.2) is 0 Å². The van der Waals surface area contributed by atoms with E-state index in [0.717, 1.165) is 12.0 Å². The van der Waals surface area contributed by atoms with Crippen LogP contribution in [0.3, 0.4) is 0 Å². The quantitative estimate of drug-likeness (QED) is 0.805. The molecule has 1 aromatic carbocycles. The van der Waals surface area contributed by atoms with Crippen molar-refractivity contribution < 1.29 is 18.0 Å². The lowest BCUT2D eigenvalue weighted by Gasteiger charge is -2.23. The van der Waals surface area contributed by atoms with Crippen molar-refractivity contribution in [3.8, 4) is 0 Å². The fourth-order valence-electron chi connectivity index (χ4n) is 2.44. The molecule has 1 nitrogen and oxygen atoms in total. The number of aryl methyl sites for hydroxylation is 1. The van der Waals surface area contributed by atoms with E-state index in [4.69, 9.17) is 0 Å². The lowest BCUT2D eigenvalue weighted by Crippen LogP contribution is -2.24. The van der Waals surface area contributed by atoms with Gasteiger partial charge in [-0.25, -0.2) is 0 Å². The number of rotatable bonds is 3. The lowest BCUT2D eigenvalue weighted by atomic mass is 9.81. The number of hydrogen-bond donors (Lipinski definition) is 0. The number of alkyl halides is 3. The first-order valence-corrected chi connectivity index (χ1v) is 6.12. The third kappa shape index (κ3) is 3.34. The summed E-state index contributed by atoms with van der Waals surface area (Å²) in [4.78, 5) is 11.8. The van der Waals surface area contributed by atoms with Crippen molar-refractivity contribution in [1.82, 2.24) is 0 Å². The molecule has 0 saturated heterocycles. The highest BCUT2D eigenvalue weighted by molar-refractivity contribution is 5.81. The van der Waals surface area contributed by atoms with Gasteiger partial charge in [-0.15, -0.1) is 0 Å². The predicted molar refractivity (Wildman–Crippen MR) is 62.3 cm³/mol. The molecule has 0 bridgehead atoms. The predicted octanol–water partition coefficient (Wildman–Crippen LogP) is 3.70. The van der Waals surface area contributed by atoms with Crippen LogP contribution in [0.4, 0.5) is 13.2 Å². The van der Waals surface area contributed by atoms with Crippen LogP contribution in [-0.4, -0.2) is 12.0 Å². The molecule has 1 atom stereocenters. The first-order chi connectivity index (χ1) is 8.46. The molecule has 4 heteroatoms. The SMILES string of the molecule is O=C(CCC(F)(F)F)C1CCc2ccccc2C1. The number of fused-ring (bicyclic) bond motifs is 1. The second kappa shape index (κ2) is 5.12. The van der Waals surface area contributed by atoms with E-state index in [1.165, 1.54) is 5.56 Å². The Kier molecular flexibility index (Phi) is 3.73. The molecule has 1 unspecified atom stereocenters. The van der Waals surface area contributed by atoms with Crippen LogP contribution in [0.5, 0.6) is 0 Å². The number of carbonyl (C=O) groups excluding carboxylic acids is 1. The Balaban J connectivity index is 1.95. The Bertz CT molecular complexity index is 437. The molecule has 0 amide bonds. The van der Waals surface area contributed by atoms with Gasteiger partial charge in [-0.05, 0) is 30.4 Å². The summed E-state index contributed by atoms with van der Waals surface area (Å²) in [7, 11) is 0. The van der Waals surface area contributed by atoms with Crippen LogP contribution < -0.4 is 0 Å². The van der Waals surface area contributed by atoms with Crippen LogP contribution >= 0.6 is 0 Å². The van der Waals surface area contributed by atoms with E-state index in [1.54, 1.807) is 0 Å². The van der Waals surface area contributed by atoms with Crippen LogP contribution in [0.2, 0.25) is 0 Å². The summed E-state index contributed by atoms with van der Waals surface area (Å²) in [5.41, 5.74) is 2.33. The molecule has 0 aromatic heterocycles. The molecule has 2 rings (SSSR count). The molecule has 18 heavy (non-hydrogen) atoms. The first-order valence-electron chi connectivity index (χ1n) is 6.12. The van der Waals surface area contributed by atoms with E-state index < -0.39 is 12.6 Å². The fourth-order valence-corrected chi connectivity index (χ4v) is 2.44. The van der Waals surface area contributed by atoms with E-state index in [9.17, 15) is 18.0 Å². The summed E-state index contributed by atoms with van der Waals surface area (Å²) in [6.45, 7) is 0. The number of ketones is 1. The van der Waals surface area contributed by atoms with Crippen molar-refractivity contribution in [1.29, 1.82) is 0 Å². The minimum atomic E-state index is -4.23. The van der Waals surface area contributed by atoms with E-state index in [1.807, 2.05) is 24.3 Å². The van der Waals surface area contributed by atoms with E-state index in [-0.39, 0.29) is 18.1 Å². The number of hydrogen-bond acceptors (Lipinski definition) is 1. The summed E-state index contributed by atoms with van der Waals surface area (Å²) in [6.07, 6.45) is -3.55. The van der Waals surface area contributed by atoms with Gasteiger partial charge in [0.2, 0.25) is 0 Å². The molecule has 0 radical (unpaired) electrons. The Hall–Kier alpha value is -1.32. The highest BCUT2D eigenvalue weighted by atomic mass is 19.4. The number of Topliss-reactive ketones (excluding diaryl/α,β-unsaturated/α-hetero) is 1. The van der Waals surface area contributed by atoms with Crippen LogP contribution in [0.1, 0.15) is 30.4 Å². The van der Waals surface area contributed by atoms with Gasteiger partial charge in [-0.1, -0.05) is 24.3 Å². The van der Waals surface area contributed by atoms with E-state index >= 15 is 0 Å². The first kappa shape index (κ1) is 13.1. The van der Waals surface area contributed by atoms with Gasteiger partial charge < -0.3 is 0 Å². The van der Waals surface area contributed by atoms with Crippen LogP contribution in [0, 0.1) is 5.92 Å². The Labute approximate surface area is 104 Å². The molecule has 0 N–H and O–H groups in total. The molecular formula is C14H15F3O. The molecule has 0 saturated carbocycles. The number of benzene rings is 1. The van der Waals surface area contributed by atoms with Crippen LogP contribution in [0.25, 0.3) is 0 Å². The molecular weight excluding hydrogens is 241 g/mol. The number of halogens is 3. The summed E-state index contributed by atoms with van der Waals surface area (Å²) >= 11 is 0. The van der Waals surface area contributed by atoms with Crippen molar-refractivity contribution in [2.75, 3.05) is 0 Å². The van der Waals surface area contributed by atoms with Gasteiger partial charge in [0.25, 0.3) is 0 Å². The second-order valence-corrected chi connectivity index (χ2v) is 4.79. The molecule has 1 aliphatic rings. The summed E-state index contributed by atoms with van der Waals surface area (Å²) in [6, 6.07) is 7.83. The van der Waals surface area contributed by atoms with Gasteiger partial charge in [-0.3, -0.25) is 4.79 Å². The second-order valence-electron chi connectivity index (χ2n) is 4.79. The molecule has 0 fully saturated rings. The molecule has 0 aliphatic heterocycles. The largest absolute Gasteiger partial charge is 0.389 e. The highest BCUT2D eigenvalue weighted by Crippen LogP contribution is 2.29. The van der Waals surface area contributed by atoms with Crippen LogP contribution in [0.15, 0.2) is 24.3 Å². The summed E-state index contributed by atoms with van der Waals surface area (Å²) in [5, 5.41) is 0. The number of carbonyl (C=O) groups is 1. The maximum absolute atomic E-state index is 12.1. The van der Waals surface area contributed by atoms with Gasteiger partial charge in [0, 0.05) is 12.3 Å². The van der Waals surface area contributed by atoms with Gasteiger partial charge in [0.05, 0.1) is 6.42 Å². The van der Waals surface area contributed by atoms with Crippen LogP contribution in [-0.2, 0) is 17.6 Å². The van der Waals surface area contributed by atoms with Crippen molar-refractivity contribution in [3.63, 3.8) is 0 Å². The molecule has 1 aliphatic carbocycles. The Morgan fingerprint density at radius 1 is 1.22 bits per heavy atom. The molecule has 1 aromatic rings. The zero-order valence-corrected chi connectivity index (χ0v) is 9.96. The monoisotopic (exact) mass is 256 g/mol. The minimum Gasteiger partial charge on any atom is -0.299 e. The normalized spacial score (nSPS) is 19.4. The van der Waals surface area contributed by atoms with Crippen molar-refractivity contribution >= 4 is 5.78 Å². The lowest BCUT2D eigenvalue weighted by molar-refractivity contribution is -0.145. The zero-order chi connectivity index (χ0) is 13.2. The van der Waals surface area contributed by atoms with Crippen molar-refractivity contribution in [2.45, 2.75) is 38.3 Å². The van der Waals surface area contributed by atoms with E-state index in [2.05, 4.69) is 0 Å². The topological polar surface area (TPSA) is 17.1 Å². The summed E-state index contributed by atoms with van der Waals surface area (Å²) in [5.74, 6) is -0.482. The average Bonchev–Trinajstić information content (AvgIpc) is 2.34. The van der Waals surface area contributed by atoms with Gasteiger partial charge >= 0.3 is 6.18 Å². The third-order valence-electron chi connectivity index (χ3n) is 3.46. The highest BCUT2D eigenvalue weighted by Gasteiger charge is 2.31. The zero-order valence-electron chi connectivity index (χ0n) is 9.96. The van der Waals surface area contributed by atoms with Gasteiger partial charge in [0.1, 0.15) is 5.78 Å². The van der Waals surface area contributed by atoms with Crippen molar-refractivity contribution in [2.24, 2.45) is 5.92 Å². The third-order valence-corrected chi connectivity index (χ3v) is 3.46. The molecule has 0 heterocycles. The van der Waals surface area contributed by atoms with E-state index in [0.29, 0.717) is 12.8 Å². The maximum Gasteiger partial charge on any atom is 0.389 e. The van der Waals surface area contributed by atoms with Gasteiger partial charge in [-0.2, -0.15) is 13.2 Å². The maximum atomic E-state index is 12.1. The summed E-state index contributed by atoms with van der Waals surface area (Å²) < 4.78 is 36.2. The average molecular weight is 256 g/mol.